The van der Waals surface area contributed by atoms with Crippen LogP contribution in [0.3, 0.4) is 0 Å². The average Bonchev–Trinajstić information content (AvgIpc) is 3.15. The van der Waals surface area contributed by atoms with Crippen molar-refractivity contribution >= 4 is 28.3 Å². The van der Waals surface area contributed by atoms with Crippen LogP contribution in [0.25, 0.3) is 0 Å². The van der Waals surface area contributed by atoms with Gasteiger partial charge in [0.05, 0.1) is 17.7 Å². The first-order valence-electron chi connectivity index (χ1n) is 7.12. The molecule has 1 aromatic rings. The highest BCUT2D eigenvalue weighted by molar-refractivity contribution is 7.16. The number of carbonyl (C=O) groups excluding carboxylic acids is 2. The Bertz CT molecular complexity index is 604. The van der Waals surface area contributed by atoms with Gasteiger partial charge in [-0.05, 0) is 38.5 Å². The van der Waals surface area contributed by atoms with E-state index in [4.69, 9.17) is 4.74 Å². The monoisotopic (exact) mass is 292 g/mol. The average molecular weight is 292 g/mol. The largest absolute Gasteiger partial charge is 0.465 e. The number of carbonyl (C=O) groups is 2. The standard InChI is InChI=1S/C14H16N2O3S/c1-2-19-11(17)8-3-4-9-10(8)15-13(20-9)16-12(18)14-5-7(14)6-14/h7-8H,2-6H2,1H3,(H,15,16,18). The van der Waals surface area contributed by atoms with Crippen molar-refractivity contribution in [2.45, 2.75) is 38.5 Å². The number of nitrogens with one attached hydrogen (secondary N) is 1. The van der Waals surface area contributed by atoms with Gasteiger partial charge in [-0.2, -0.15) is 0 Å². The maximum Gasteiger partial charge on any atom is 0.315 e. The number of thiazole rings is 1. The Morgan fingerprint density at radius 1 is 1.50 bits per heavy atom. The molecule has 3 aliphatic rings. The number of anilines is 1. The lowest BCUT2D eigenvalue weighted by atomic mass is 10.1. The molecule has 1 atom stereocenters. The molecule has 106 valence electrons. The second-order valence-corrected chi connectivity index (χ2v) is 6.97. The topological polar surface area (TPSA) is 68.3 Å². The van der Waals surface area contributed by atoms with Crippen LogP contribution in [-0.4, -0.2) is 23.5 Å². The third-order valence-corrected chi connectivity index (χ3v) is 5.69. The minimum Gasteiger partial charge on any atom is -0.465 e. The van der Waals surface area contributed by atoms with Gasteiger partial charge in [-0.1, -0.05) is 0 Å². The predicted molar refractivity (Wildman–Crippen MR) is 73.6 cm³/mol. The van der Waals surface area contributed by atoms with E-state index in [9.17, 15) is 9.59 Å². The van der Waals surface area contributed by atoms with Gasteiger partial charge in [-0.15, -0.1) is 11.3 Å². The van der Waals surface area contributed by atoms with Crippen LogP contribution < -0.4 is 5.32 Å². The molecule has 1 amide bonds. The number of nitrogens with zero attached hydrogens (tertiary/aromatic N) is 1. The maximum atomic E-state index is 12.0. The molecule has 2 fully saturated rings. The fourth-order valence-corrected chi connectivity index (χ4v) is 4.08. The minimum atomic E-state index is -0.250. The lowest BCUT2D eigenvalue weighted by molar-refractivity contribution is -0.145. The number of hydrogen-bond acceptors (Lipinski definition) is 5. The van der Waals surface area contributed by atoms with Crippen LogP contribution in [0.4, 0.5) is 5.13 Å². The van der Waals surface area contributed by atoms with Crippen molar-refractivity contribution in [1.29, 1.82) is 0 Å². The summed E-state index contributed by atoms with van der Waals surface area (Å²) >= 11 is 1.50. The summed E-state index contributed by atoms with van der Waals surface area (Å²) in [6.07, 6.45) is 3.69. The van der Waals surface area contributed by atoms with E-state index in [1.165, 1.54) is 11.3 Å². The maximum absolute atomic E-state index is 12.0. The number of amides is 1. The van der Waals surface area contributed by atoms with Crippen LogP contribution >= 0.6 is 11.3 Å². The van der Waals surface area contributed by atoms with E-state index in [0.717, 1.165) is 36.3 Å². The van der Waals surface area contributed by atoms with E-state index < -0.39 is 0 Å². The van der Waals surface area contributed by atoms with Crippen molar-refractivity contribution < 1.29 is 14.3 Å². The molecule has 1 unspecified atom stereocenters. The molecule has 0 radical (unpaired) electrons. The van der Waals surface area contributed by atoms with Crippen molar-refractivity contribution in [3.63, 3.8) is 0 Å². The van der Waals surface area contributed by atoms with E-state index in [-0.39, 0.29) is 23.2 Å². The van der Waals surface area contributed by atoms with Crippen LogP contribution in [0.1, 0.15) is 42.7 Å². The molecule has 0 aromatic carbocycles. The summed E-state index contributed by atoms with van der Waals surface area (Å²) in [4.78, 5) is 29.5. The number of aryl methyl sites for hydroxylation is 1. The number of ether oxygens (including phenoxy) is 1. The number of fused-ring (bicyclic) bond motifs is 2. The number of hydrogen-bond donors (Lipinski definition) is 1. The molecule has 6 heteroatoms. The smallest absolute Gasteiger partial charge is 0.315 e. The van der Waals surface area contributed by atoms with E-state index in [1.54, 1.807) is 0 Å². The Morgan fingerprint density at radius 3 is 2.90 bits per heavy atom. The molecule has 1 N–H and O–H groups in total. The third kappa shape index (κ3) is 1.70. The molecule has 20 heavy (non-hydrogen) atoms. The van der Waals surface area contributed by atoms with E-state index in [1.807, 2.05) is 6.92 Å². The van der Waals surface area contributed by atoms with Crippen molar-refractivity contribution in [3.05, 3.63) is 10.6 Å². The fourth-order valence-electron chi connectivity index (χ4n) is 3.05. The molecule has 1 heterocycles. The second kappa shape index (κ2) is 4.04. The SMILES string of the molecule is CCOC(=O)C1CCc2sc(NC(=O)C34CC3C4)nc21. The second-order valence-electron chi connectivity index (χ2n) is 5.89. The summed E-state index contributed by atoms with van der Waals surface area (Å²) in [5, 5.41) is 3.56. The van der Waals surface area contributed by atoms with Crippen molar-refractivity contribution in [2.24, 2.45) is 11.3 Å². The first-order chi connectivity index (χ1) is 9.64. The number of rotatable bonds is 4. The molecule has 0 saturated heterocycles. The summed E-state index contributed by atoms with van der Waals surface area (Å²) < 4.78 is 5.08. The van der Waals surface area contributed by atoms with E-state index in [0.29, 0.717) is 17.7 Å². The molecule has 0 bridgehead atoms. The molecule has 2 saturated carbocycles. The van der Waals surface area contributed by atoms with Crippen LogP contribution in [0.2, 0.25) is 0 Å². The Hall–Kier alpha value is -1.43. The Morgan fingerprint density at radius 2 is 2.25 bits per heavy atom. The molecule has 0 aliphatic heterocycles. The zero-order valence-corrected chi connectivity index (χ0v) is 12.1. The highest BCUT2D eigenvalue weighted by Crippen LogP contribution is 2.75. The summed E-state index contributed by atoms with van der Waals surface area (Å²) in [5.41, 5.74) is 0.765. The third-order valence-electron chi connectivity index (χ3n) is 4.64. The van der Waals surface area contributed by atoms with Crippen molar-refractivity contribution in [3.8, 4) is 0 Å². The van der Waals surface area contributed by atoms with Crippen molar-refractivity contribution in [2.75, 3.05) is 11.9 Å². The summed E-state index contributed by atoms with van der Waals surface area (Å²) in [7, 11) is 0. The summed E-state index contributed by atoms with van der Waals surface area (Å²) in [5.74, 6) is 0.293. The molecular formula is C14H16N2O3S. The van der Waals surface area contributed by atoms with Gasteiger partial charge >= 0.3 is 5.97 Å². The van der Waals surface area contributed by atoms with Gasteiger partial charge in [-0.3, -0.25) is 9.59 Å². The number of esters is 1. The van der Waals surface area contributed by atoms with Gasteiger partial charge in [0.1, 0.15) is 5.92 Å². The van der Waals surface area contributed by atoms with Gasteiger partial charge in [-0.25, -0.2) is 4.98 Å². The Labute approximate surface area is 120 Å². The molecule has 0 spiro atoms. The van der Waals surface area contributed by atoms with Crippen LogP contribution in [0, 0.1) is 11.3 Å². The molecule has 3 aliphatic carbocycles. The lowest BCUT2D eigenvalue weighted by Gasteiger charge is -2.08. The minimum absolute atomic E-state index is 0.0450. The number of aromatic nitrogens is 1. The van der Waals surface area contributed by atoms with Gasteiger partial charge in [0, 0.05) is 4.88 Å². The quantitative estimate of drug-likeness (QED) is 0.863. The van der Waals surface area contributed by atoms with Gasteiger partial charge in [0.25, 0.3) is 0 Å². The molecular weight excluding hydrogens is 276 g/mol. The molecule has 1 aromatic heterocycles. The normalized spacial score (nSPS) is 32.2. The van der Waals surface area contributed by atoms with Gasteiger partial charge in [0.2, 0.25) is 5.91 Å². The Kier molecular flexibility index (Phi) is 2.49. The molecule has 5 nitrogen and oxygen atoms in total. The van der Waals surface area contributed by atoms with Crippen molar-refractivity contribution in [1.82, 2.24) is 4.98 Å². The van der Waals surface area contributed by atoms with E-state index in [2.05, 4.69) is 10.3 Å². The highest BCUT2D eigenvalue weighted by Gasteiger charge is 2.74. The summed E-state index contributed by atoms with van der Waals surface area (Å²) in [6, 6.07) is 0. The first kappa shape index (κ1) is 12.3. The van der Waals surface area contributed by atoms with Crippen LogP contribution in [0.15, 0.2) is 0 Å². The zero-order valence-electron chi connectivity index (χ0n) is 11.3. The highest BCUT2D eigenvalue weighted by atomic mass is 32.1. The predicted octanol–water partition coefficient (Wildman–Crippen LogP) is 2.08. The van der Waals surface area contributed by atoms with Gasteiger partial charge in [0.15, 0.2) is 5.13 Å². The molecule has 4 rings (SSSR count). The Balaban J connectivity index is 1.49. The lowest BCUT2D eigenvalue weighted by Crippen LogP contribution is -2.18. The summed E-state index contributed by atoms with van der Waals surface area (Å²) in [6.45, 7) is 2.20. The van der Waals surface area contributed by atoms with Gasteiger partial charge < -0.3 is 10.1 Å². The van der Waals surface area contributed by atoms with E-state index >= 15 is 0 Å². The first-order valence-corrected chi connectivity index (χ1v) is 7.93. The zero-order chi connectivity index (χ0) is 13.9. The van der Waals surface area contributed by atoms with Crippen LogP contribution in [0.5, 0.6) is 0 Å². The fraction of sp³-hybridized carbons (Fsp3) is 0.643. The van der Waals surface area contributed by atoms with Crippen LogP contribution in [-0.2, 0) is 20.7 Å².